The second-order valence-corrected chi connectivity index (χ2v) is 4.03. The molecule has 4 nitrogen and oxygen atoms in total. The minimum Gasteiger partial charge on any atom is -0.399 e. The molecule has 2 N–H and O–H groups in total. The van der Waals surface area contributed by atoms with E-state index in [1.165, 1.54) is 0 Å². The van der Waals surface area contributed by atoms with E-state index in [9.17, 15) is 4.79 Å². The molecule has 18 heavy (non-hydrogen) atoms. The van der Waals surface area contributed by atoms with Gasteiger partial charge >= 0.3 is 0 Å². The Hall–Kier alpha value is -1.55. The van der Waals surface area contributed by atoms with E-state index in [1.54, 1.807) is 4.90 Å². The van der Waals surface area contributed by atoms with Crippen molar-refractivity contribution in [2.24, 2.45) is 0 Å². The van der Waals surface area contributed by atoms with Gasteiger partial charge in [0, 0.05) is 37.6 Å². The van der Waals surface area contributed by atoms with Crippen LogP contribution in [0.2, 0.25) is 0 Å². The highest BCUT2D eigenvalue weighted by Crippen LogP contribution is 2.17. The van der Waals surface area contributed by atoms with Gasteiger partial charge in [-0.2, -0.15) is 0 Å². The van der Waals surface area contributed by atoms with Gasteiger partial charge in [0.2, 0.25) is 5.91 Å². The molecule has 1 rings (SSSR count). The van der Waals surface area contributed by atoms with Crippen LogP contribution < -0.4 is 10.6 Å². The quantitative estimate of drug-likeness (QED) is 0.597. The van der Waals surface area contributed by atoms with Crippen molar-refractivity contribution in [3.63, 3.8) is 0 Å². The van der Waals surface area contributed by atoms with Crippen molar-refractivity contribution in [1.29, 1.82) is 0 Å². The lowest BCUT2D eigenvalue weighted by Crippen LogP contribution is -2.30. The van der Waals surface area contributed by atoms with E-state index in [-0.39, 0.29) is 5.91 Å². The van der Waals surface area contributed by atoms with Gasteiger partial charge in [0.15, 0.2) is 0 Å². The molecule has 4 heteroatoms. The number of nitrogen functional groups attached to an aromatic ring is 1. The Morgan fingerprint density at radius 3 is 2.50 bits per heavy atom. The van der Waals surface area contributed by atoms with E-state index in [4.69, 9.17) is 10.5 Å². The number of rotatable bonds is 7. The van der Waals surface area contributed by atoms with Crippen LogP contribution in [0.1, 0.15) is 26.7 Å². The van der Waals surface area contributed by atoms with Crippen molar-refractivity contribution in [3.8, 4) is 0 Å². The van der Waals surface area contributed by atoms with Crippen molar-refractivity contribution >= 4 is 17.3 Å². The molecule has 0 aliphatic rings. The number of amides is 1. The molecule has 0 saturated carbocycles. The third kappa shape index (κ3) is 4.37. The minimum atomic E-state index is 0.127. The van der Waals surface area contributed by atoms with Gasteiger partial charge in [-0.25, -0.2) is 0 Å². The molecule has 0 heterocycles. The molecule has 1 amide bonds. The van der Waals surface area contributed by atoms with Crippen LogP contribution in [0.4, 0.5) is 11.4 Å². The van der Waals surface area contributed by atoms with Crippen LogP contribution in [-0.2, 0) is 9.53 Å². The molecule has 1 aromatic carbocycles. The van der Waals surface area contributed by atoms with Crippen LogP contribution in [0.3, 0.4) is 0 Å². The Morgan fingerprint density at radius 2 is 1.94 bits per heavy atom. The molecule has 0 spiro atoms. The maximum Gasteiger partial charge on any atom is 0.227 e. The van der Waals surface area contributed by atoms with Crippen molar-refractivity contribution < 1.29 is 9.53 Å². The molecular weight excluding hydrogens is 228 g/mol. The zero-order chi connectivity index (χ0) is 13.4. The number of hydrogen-bond donors (Lipinski definition) is 1. The lowest BCUT2D eigenvalue weighted by Gasteiger charge is -2.21. The first-order chi connectivity index (χ1) is 8.69. The molecule has 0 atom stereocenters. The zero-order valence-electron chi connectivity index (χ0n) is 11.2. The number of nitrogens with zero attached hydrogens (tertiary/aromatic N) is 1. The van der Waals surface area contributed by atoms with Crippen molar-refractivity contribution in [2.75, 3.05) is 30.4 Å². The third-order valence-electron chi connectivity index (χ3n) is 2.71. The molecule has 0 aliphatic carbocycles. The highest BCUT2D eigenvalue weighted by atomic mass is 16.5. The Balaban J connectivity index is 2.54. The lowest BCUT2D eigenvalue weighted by atomic mass is 10.2. The van der Waals surface area contributed by atoms with Crippen LogP contribution in [0, 0.1) is 0 Å². The molecule has 0 radical (unpaired) electrons. The number of nitrogens with two attached hydrogens (primary N) is 1. The summed E-state index contributed by atoms with van der Waals surface area (Å²) < 4.78 is 5.23. The Bertz CT molecular complexity index is 363. The number of ether oxygens (including phenoxy) is 1. The smallest absolute Gasteiger partial charge is 0.227 e. The third-order valence-corrected chi connectivity index (χ3v) is 2.71. The fourth-order valence-electron chi connectivity index (χ4n) is 1.76. The van der Waals surface area contributed by atoms with Crippen LogP contribution in [0.15, 0.2) is 24.3 Å². The van der Waals surface area contributed by atoms with Crippen molar-refractivity contribution in [3.05, 3.63) is 24.3 Å². The average Bonchev–Trinajstić information content (AvgIpc) is 2.38. The number of carbonyl (C=O) groups is 1. The first-order valence-electron chi connectivity index (χ1n) is 6.42. The van der Waals surface area contributed by atoms with Gasteiger partial charge in [-0.15, -0.1) is 0 Å². The minimum absolute atomic E-state index is 0.127. The number of carbonyl (C=O) groups excluding carboxylic acids is 1. The summed E-state index contributed by atoms with van der Waals surface area (Å²) in [7, 11) is 0. The summed E-state index contributed by atoms with van der Waals surface area (Å²) in [5, 5.41) is 0. The van der Waals surface area contributed by atoms with E-state index in [1.807, 2.05) is 38.1 Å². The fourth-order valence-corrected chi connectivity index (χ4v) is 1.76. The molecule has 1 aromatic rings. The highest BCUT2D eigenvalue weighted by molar-refractivity contribution is 5.93. The summed E-state index contributed by atoms with van der Waals surface area (Å²) in [5.74, 6) is 0.127. The van der Waals surface area contributed by atoms with Gasteiger partial charge in [0.1, 0.15) is 0 Å². The molecule has 100 valence electrons. The molecule has 0 aromatic heterocycles. The predicted octanol–water partition coefficient (Wildman–Crippen LogP) is 2.44. The summed E-state index contributed by atoms with van der Waals surface area (Å²) in [6.45, 7) is 5.92. The van der Waals surface area contributed by atoms with Gasteiger partial charge in [0.25, 0.3) is 0 Å². The van der Waals surface area contributed by atoms with E-state index in [2.05, 4.69) is 0 Å². The highest BCUT2D eigenvalue weighted by Gasteiger charge is 2.12. The standard InChI is InChI=1S/C14H22N2O2/c1-3-16(13-9-7-12(15)8-10-13)14(17)6-5-11-18-4-2/h7-10H,3-6,11,15H2,1-2H3. The van der Waals surface area contributed by atoms with Crippen LogP contribution in [-0.4, -0.2) is 25.7 Å². The zero-order valence-corrected chi connectivity index (χ0v) is 11.2. The average molecular weight is 250 g/mol. The monoisotopic (exact) mass is 250 g/mol. The molecule has 0 saturated heterocycles. The van der Waals surface area contributed by atoms with E-state index < -0.39 is 0 Å². The van der Waals surface area contributed by atoms with Gasteiger partial charge in [-0.1, -0.05) is 0 Å². The second-order valence-electron chi connectivity index (χ2n) is 4.03. The Labute approximate surface area is 109 Å². The number of hydrogen-bond acceptors (Lipinski definition) is 3. The van der Waals surface area contributed by atoms with E-state index in [0.717, 1.165) is 12.1 Å². The van der Waals surface area contributed by atoms with E-state index in [0.29, 0.717) is 31.9 Å². The number of benzene rings is 1. The molecule has 0 fully saturated rings. The molecule has 0 unspecified atom stereocenters. The largest absolute Gasteiger partial charge is 0.399 e. The van der Waals surface area contributed by atoms with Crippen LogP contribution >= 0.6 is 0 Å². The van der Waals surface area contributed by atoms with E-state index >= 15 is 0 Å². The lowest BCUT2D eigenvalue weighted by molar-refractivity contribution is -0.118. The molecule has 0 aliphatic heterocycles. The van der Waals surface area contributed by atoms with Crippen molar-refractivity contribution in [1.82, 2.24) is 0 Å². The summed E-state index contributed by atoms with van der Waals surface area (Å²) in [5.41, 5.74) is 7.24. The van der Waals surface area contributed by atoms with Gasteiger partial charge in [-0.3, -0.25) is 4.79 Å². The summed E-state index contributed by atoms with van der Waals surface area (Å²) >= 11 is 0. The van der Waals surface area contributed by atoms with Gasteiger partial charge < -0.3 is 15.4 Å². The predicted molar refractivity (Wildman–Crippen MR) is 74.6 cm³/mol. The fraction of sp³-hybridized carbons (Fsp3) is 0.500. The van der Waals surface area contributed by atoms with Crippen LogP contribution in [0.25, 0.3) is 0 Å². The second kappa shape index (κ2) is 7.71. The first-order valence-corrected chi connectivity index (χ1v) is 6.42. The van der Waals surface area contributed by atoms with Gasteiger partial charge in [0.05, 0.1) is 0 Å². The first kappa shape index (κ1) is 14.5. The van der Waals surface area contributed by atoms with Crippen LogP contribution in [0.5, 0.6) is 0 Å². The SMILES string of the molecule is CCOCCCC(=O)N(CC)c1ccc(N)cc1. The Kier molecular flexibility index (Phi) is 6.22. The molecular formula is C14H22N2O2. The molecule has 0 bridgehead atoms. The number of anilines is 2. The summed E-state index contributed by atoms with van der Waals surface area (Å²) in [6.07, 6.45) is 1.27. The summed E-state index contributed by atoms with van der Waals surface area (Å²) in [6, 6.07) is 7.37. The maximum atomic E-state index is 12.1. The van der Waals surface area contributed by atoms with Gasteiger partial charge in [-0.05, 0) is 44.5 Å². The summed E-state index contributed by atoms with van der Waals surface area (Å²) in [4.78, 5) is 13.8. The Morgan fingerprint density at radius 1 is 1.28 bits per heavy atom. The normalized spacial score (nSPS) is 10.3. The topological polar surface area (TPSA) is 55.6 Å². The van der Waals surface area contributed by atoms with Crippen molar-refractivity contribution in [2.45, 2.75) is 26.7 Å². The maximum absolute atomic E-state index is 12.1.